The number of aromatic nitrogens is 2. The Kier molecular flexibility index (Phi) is 6.11. The van der Waals surface area contributed by atoms with Crippen molar-refractivity contribution < 1.29 is 5.11 Å². The molecule has 0 radical (unpaired) electrons. The Morgan fingerprint density at radius 2 is 1.93 bits per heavy atom. The summed E-state index contributed by atoms with van der Waals surface area (Å²) >= 11 is 0. The highest BCUT2D eigenvalue weighted by atomic mass is 16.3. The molecule has 1 aliphatic rings. The van der Waals surface area contributed by atoms with Crippen LogP contribution in [0.5, 0.6) is 0 Å². The maximum Gasteiger partial charge on any atom is 0.137 e. The van der Waals surface area contributed by atoms with Crippen LogP contribution in [-0.2, 0) is 6.42 Å². The molecule has 0 saturated heterocycles. The zero-order valence-corrected chi connectivity index (χ0v) is 16.9. The highest BCUT2D eigenvalue weighted by molar-refractivity contribution is 5.76. The van der Waals surface area contributed by atoms with Gasteiger partial charge < -0.3 is 10.1 Å². The predicted octanol–water partition coefficient (Wildman–Crippen LogP) is 5.98. The van der Waals surface area contributed by atoms with Crippen LogP contribution in [0.2, 0.25) is 0 Å². The Labute approximate surface area is 168 Å². The first-order valence-corrected chi connectivity index (χ1v) is 10.9. The minimum absolute atomic E-state index is 0.186. The predicted molar refractivity (Wildman–Crippen MR) is 116 cm³/mol. The second-order valence-electron chi connectivity index (χ2n) is 8.45. The lowest BCUT2D eigenvalue weighted by Crippen LogP contribution is -2.08. The van der Waals surface area contributed by atoms with Gasteiger partial charge >= 0.3 is 0 Å². The summed E-state index contributed by atoms with van der Waals surface area (Å²) in [6, 6.07) is 15.5. The van der Waals surface area contributed by atoms with Crippen molar-refractivity contribution in [3.8, 4) is 0 Å². The summed E-state index contributed by atoms with van der Waals surface area (Å²) in [7, 11) is 0. The Bertz CT molecular complexity index is 844. The number of rotatable bonds is 8. The number of benzene rings is 1. The third kappa shape index (κ3) is 4.47. The number of aryl methyl sites for hydroxylation is 1. The molecule has 3 heteroatoms. The normalized spacial score (nSPS) is 17.2. The van der Waals surface area contributed by atoms with Gasteiger partial charge in [0.05, 0.1) is 6.10 Å². The number of H-pyrrole nitrogens is 1. The number of fused-ring (bicyclic) bond motifs is 1. The van der Waals surface area contributed by atoms with Gasteiger partial charge in [0, 0.05) is 23.2 Å². The molecule has 1 aromatic carbocycles. The van der Waals surface area contributed by atoms with Gasteiger partial charge in [0.1, 0.15) is 5.65 Å². The molecule has 2 heterocycles. The minimum Gasteiger partial charge on any atom is -0.393 e. The summed E-state index contributed by atoms with van der Waals surface area (Å²) in [6.45, 7) is 2.04. The molecule has 3 nitrogen and oxygen atoms in total. The van der Waals surface area contributed by atoms with E-state index >= 15 is 0 Å². The van der Waals surface area contributed by atoms with E-state index in [0.29, 0.717) is 5.92 Å². The Hall–Kier alpha value is -2.13. The third-order valence-corrected chi connectivity index (χ3v) is 6.45. The van der Waals surface area contributed by atoms with Crippen molar-refractivity contribution in [3.63, 3.8) is 0 Å². The van der Waals surface area contributed by atoms with E-state index in [2.05, 4.69) is 46.4 Å². The average molecular weight is 377 g/mol. The SMILES string of the molecule is CCC(O)CCc1ccc(C(CC2CCCC2)c2cc3cccnc3[nH]2)cc1. The number of nitrogens with zero attached hydrogens (tertiary/aromatic N) is 1. The highest BCUT2D eigenvalue weighted by Gasteiger charge is 2.24. The monoisotopic (exact) mass is 376 g/mol. The Morgan fingerprint density at radius 3 is 2.64 bits per heavy atom. The second kappa shape index (κ2) is 8.91. The summed E-state index contributed by atoms with van der Waals surface area (Å²) in [5, 5.41) is 11.0. The van der Waals surface area contributed by atoms with Crippen molar-refractivity contribution in [1.82, 2.24) is 9.97 Å². The standard InChI is InChI=1S/C25H32N2O/c1-2-22(28)14-11-18-9-12-20(13-10-18)23(16-19-6-3-4-7-19)24-17-21-8-5-15-26-25(21)27-24/h5,8-10,12-13,15,17,19,22-23,28H,2-4,6-7,11,14,16H2,1H3,(H,26,27). The van der Waals surface area contributed by atoms with Crippen LogP contribution in [0.25, 0.3) is 11.0 Å². The lowest BCUT2D eigenvalue weighted by molar-refractivity contribution is 0.160. The molecule has 3 aromatic rings. The molecule has 2 N–H and O–H groups in total. The summed E-state index contributed by atoms with van der Waals surface area (Å²) in [5.74, 6) is 1.22. The van der Waals surface area contributed by atoms with Gasteiger partial charge in [0.2, 0.25) is 0 Å². The summed E-state index contributed by atoms with van der Waals surface area (Å²) < 4.78 is 0. The molecule has 1 fully saturated rings. The number of hydrogen-bond acceptors (Lipinski definition) is 2. The van der Waals surface area contributed by atoms with Gasteiger partial charge in [-0.15, -0.1) is 0 Å². The fraction of sp³-hybridized carbons (Fsp3) is 0.480. The van der Waals surface area contributed by atoms with E-state index in [9.17, 15) is 5.11 Å². The van der Waals surface area contributed by atoms with Crippen LogP contribution in [0.15, 0.2) is 48.7 Å². The van der Waals surface area contributed by atoms with Gasteiger partial charge in [0.15, 0.2) is 0 Å². The molecule has 1 saturated carbocycles. The van der Waals surface area contributed by atoms with Crippen LogP contribution in [0.1, 0.15) is 74.6 Å². The number of nitrogens with one attached hydrogen (secondary N) is 1. The van der Waals surface area contributed by atoms with Crippen molar-refractivity contribution >= 4 is 11.0 Å². The van der Waals surface area contributed by atoms with E-state index in [1.165, 1.54) is 54.3 Å². The lowest BCUT2D eigenvalue weighted by Gasteiger charge is -2.21. The molecule has 2 atom stereocenters. The van der Waals surface area contributed by atoms with E-state index in [4.69, 9.17) is 0 Å². The molecule has 1 aliphatic carbocycles. The molecule has 0 amide bonds. The average Bonchev–Trinajstić information content (AvgIpc) is 3.40. The molecule has 2 aromatic heterocycles. The summed E-state index contributed by atoms with van der Waals surface area (Å²) in [4.78, 5) is 8.08. The van der Waals surface area contributed by atoms with Gasteiger partial charge in [0.25, 0.3) is 0 Å². The van der Waals surface area contributed by atoms with Crippen LogP contribution >= 0.6 is 0 Å². The molecular weight excluding hydrogens is 344 g/mol. The van der Waals surface area contributed by atoms with E-state index in [1.54, 1.807) is 0 Å². The summed E-state index contributed by atoms with van der Waals surface area (Å²) in [6.07, 6.45) is 11.0. The minimum atomic E-state index is -0.186. The van der Waals surface area contributed by atoms with Crippen molar-refractivity contribution in [2.24, 2.45) is 5.92 Å². The molecular formula is C25H32N2O. The molecule has 148 valence electrons. The van der Waals surface area contributed by atoms with Crippen LogP contribution in [0.3, 0.4) is 0 Å². The van der Waals surface area contributed by atoms with E-state index in [-0.39, 0.29) is 6.10 Å². The first kappa shape index (κ1) is 19.2. The van der Waals surface area contributed by atoms with Crippen molar-refractivity contribution in [3.05, 3.63) is 65.5 Å². The highest BCUT2D eigenvalue weighted by Crippen LogP contribution is 2.38. The number of hydrogen-bond donors (Lipinski definition) is 2. The molecule has 2 unspecified atom stereocenters. The first-order valence-electron chi connectivity index (χ1n) is 10.9. The van der Waals surface area contributed by atoms with Crippen molar-refractivity contribution in [1.29, 1.82) is 0 Å². The molecule has 0 bridgehead atoms. The van der Waals surface area contributed by atoms with E-state index in [0.717, 1.165) is 30.8 Å². The quantitative estimate of drug-likeness (QED) is 0.508. The van der Waals surface area contributed by atoms with Gasteiger partial charge in [-0.25, -0.2) is 4.98 Å². The topological polar surface area (TPSA) is 48.9 Å². The molecule has 4 rings (SSSR count). The third-order valence-electron chi connectivity index (χ3n) is 6.45. The van der Waals surface area contributed by atoms with Gasteiger partial charge in [-0.1, -0.05) is 56.9 Å². The second-order valence-corrected chi connectivity index (χ2v) is 8.45. The number of aliphatic hydroxyl groups excluding tert-OH is 1. The van der Waals surface area contributed by atoms with E-state index in [1.807, 2.05) is 19.2 Å². The maximum absolute atomic E-state index is 9.83. The van der Waals surface area contributed by atoms with Crippen LogP contribution in [0, 0.1) is 5.92 Å². The van der Waals surface area contributed by atoms with Crippen LogP contribution in [0.4, 0.5) is 0 Å². The zero-order valence-electron chi connectivity index (χ0n) is 16.9. The smallest absolute Gasteiger partial charge is 0.137 e. The first-order chi connectivity index (χ1) is 13.7. The van der Waals surface area contributed by atoms with Gasteiger partial charge in [-0.2, -0.15) is 0 Å². The zero-order chi connectivity index (χ0) is 19.3. The number of pyridine rings is 1. The van der Waals surface area contributed by atoms with Crippen molar-refractivity contribution in [2.45, 2.75) is 70.3 Å². The largest absolute Gasteiger partial charge is 0.393 e. The number of aliphatic hydroxyl groups is 1. The molecule has 0 aliphatic heterocycles. The Morgan fingerprint density at radius 1 is 1.14 bits per heavy atom. The van der Waals surface area contributed by atoms with Crippen LogP contribution in [-0.4, -0.2) is 21.2 Å². The maximum atomic E-state index is 9.83. The van der Waals surface area contributed by atoms with Crippen molar-refractivity contribution in [2.75, 3.05) is 0 Å². The molecule has 0 spiro atoms. The van der Waals surface area contributed by atoms with Crippen LogP contribution < -0.4 is 0 Å². The fourth-order valence-electron chi connectivity index (χ4n) is 4.64. The Balaban J connectivity index is 1.57. The van der Waals surface area contributed by atoms with E-state index < -0.39 is 0 Å². The molecule has 28 heavy (non-hydrogen) atoms. The fourth-order valence-corrected chi connectivity index (χ4v) is 4.64. The number of aromatic amines is 1. The van der Waals surface area contributed by atoms with Gasteiger partial charge in [-0.05, 0) is 60.9 Å². The lowest BCUT2D eigenvalue weighted by atomic mass is 9.85. The van der Waals surface area contributed by atoms with Gasteiger partial charge in [-0.3, -0.25) is 0 Å². The summed E-state index contributed by atoms with van der Waals surface area (Å²) in [5.41, 5.74) is 4.97.